The van der Waals surface area contributed by atoms with Gasteiger partial charge in [-0.2, -0.15) is 5.10 Å². The van der Waals surface area contributed by atoms with E-state index in [2.05, 4.69) is 48.6 Å². The summed E-state index contributed by atoms with van der Waals surface area (Å²) in [6, 6.07) is 3.68. The summed E-state index contributed by atoms with van der Waals surface area (Å²) in [4.78, 5) is 0. The fourth-order valence-electron chi connectivity index (χ4n) is 1.10. The molecule has 4 N–H and O–H groups in total. The molecule has 0 radical (unpaired) electrons. The zero-order valence-corrected chi connectivity index (χ0v) is 12.6. The number of benzene rings is 1. The van der Waals surface area contributed by atoms with Crippen molar-refractivity contribution in [3.63, 3.8) is 0 Å². The van der Waals surface area contributed by atoms with Gasteiger partial charge in [-0.3, -0.25) is 0 Å². The van der Waals surface area contributed by atoms with E-state index in [9.17, 15) is 0 Å². The molecule has 96 valence electrons. The van der Waals surface area contributed by atoms with E-state index in [4.69, 9.17) is 16.2 Å². The van der Waals surface area contributed by atoms with Crippen molar-refractivity contribution in [2.45, 2.75) is 0 Å². The monoisotopic (exact) mass is 374 g/mol. The SMILES string of the molecule is C=CCOc1c(Br)cc(/C=N\N=C(N)N)cc1Br. The van der Waals surface area contributed by atoms with E-state index in [0.29, 0.717) is 12.4 Å². The number of ether oxygens (including phenoxy) is 1. The Morgan fingerprint density at radius 3 is 2.44 bits per heavy atom. The summed E-state index contributed by atoms with van der Waals surface area (Å²) in [5.41, 5.74) is 11.1. The summed E-state index contributed by atoms with van der Waals surface area (Å²) >= 11 is 6.83. The van der Waals surface area contributed by atoms with E-state index < -0.39 is 0 Å². The highest BCUT2D eigenvalue weighted by molar-refractivity contribution is 9.11. The summed E-state index contributed by atoms with van der Waals surface area (Å²) in [6.45, 7) is 4.02. The molecule has 7 heteroatoms. The van der Waals surface area contributed by atoms with Gasteiger partial charge in [0, 0.05) is 0 Å². The van der Waals surface area contributed by atoms with Crippen LogP contribution in [0.25, 0.3) is 0 Å². The van der Waals surface area contributed by atoms with Crippen LogP contribution in [-0.2, 0) is 0 Å². The van der Waals surface area contributed by atoms with Crippen LogP contribution in [0, 0.1) is 0 Å². The highest BCUT2D eigenvalue weighted by Crippen LogP contribution is 2.34. The van der Waals surface area contributed by atoms with Crippen LogP contribution < -0.4 is 16.2 Å². The lowest BCUT2D eigenvalue weighted by molar-refractivity contribution is 0.358. The Hall–Kier alpha value is -1.34. The van der Waals surface area contributed by atoms with Crippen LogP contribution in [0.5, 0.6) is 5.75 Å². The Balaban J connectivity index is 2.95. The molecule has 0 spiro atoms. The van der Waals surface area contributed by atoms with Crippen molar-refractivity contribution in [2.75, 3.05) is 6.61 Å². The van der Waals surface area contributed by atoms with Crippen LogP contribution in [0.15, 0.2) is 43.9 Å². The molecule has 0 aliphatic heterocycles. The number of nitrogens with zero attached hydrogens (tertiary/aromatic N) is 2. The highest BCUT2D eigenvalue weighted by atomic mass is 79.9. The molecule has 0 aromatic heterocycles. The predicted octanol–water partition coefficient (Wildman–Crippen LogP) is 2.38. The maximum atomic E-state index is 5.49. The summed E-state index contributed by atoms with van der Waals surface area (Å²) in [7, 11) is 0. The number of hydrogen-bond acceptors (Lipinski definition) is 3. The third-order valence-electron chi connectivity index (χ3n) is 1.75. The fraction of sp³-hybridized carbons (Fsp3) is 0.0909. The molecule has 5 nitrogen and oxygen atoms in total. The molecule has 0 saturated heterocycles. The van der Waals surface area contributed by atoms with Crippen molar-refractivity contribution in [1.82, 2.24) is 0 Å². The van der Waals surface area contributed by atoms with E-state index >= 15 is 0 Å². The lowest BCUT2D eigenvalue weighted by Crippen LogP contribution is -2.21. The Labute approximate surface area is 122 Å². The first-order chi connectivity index (χ1) is 8.54. The molecule has 1 aromatic carbocycles. The first-order valence-corrected chi connectivity index (χ1v) is 6.48. The van der Waals surface area contributed by atoms with Gasteiger partial charge < -0.3 is 16.2 Å². The van der Waals surface area contributed by atoms with Crippen molar-refractivity contribution in [2.24, 2.45) is 21.7 Å². The summed E-state index contributed by atoms with van der Waals surface area (Å²) in [5, 5.41) is 7.25. The van der Waals surface area contributed by atoms with E-state index in [-0.39, 0.29) is 5.96 Å². The van der Waals surface area contributed by atoms with Gasteiger partial charge in [0.2, 0.25) is 5.96 Å². The average Bonchev–Trinajstić information content (AvgIpc) is 2.27. The normalized spacial score (nSPS) is 10.3. The van der Waals surface area contributed by atoms with Crippen LogP contribution >= 0.6 is 31.9 Å². The van der Waals surface area contributed by atoms with Crippen molar-refractivity contribution in [3.05, 3.63) is 39.3 Å². The smallest absolute Gasteiger partial charge is 0.211 e. The Kier molecular flexibility index (Phi) is 5.87. The second-order valence-electron chi connectivity index (χ2n) is 3.18. The van der Waals surface area contributed by atoms with Crippen molar-refractivity contribution >= 4 is 44.0 Å². The van der Waals surface area contributed by atoms with E-state index in [1.807, 2.05) is 12.1 Å². The van der Waals surface area contributed by atoms with Crippen LogP contribution in [0.1, 0.15) is 5.56 Å². The minimum atomic E-state index is -0.0877. The van der Waals surface area contributed by atoms with Crippen molar-refractivity contribution < 1.29 is 4.74 Å². The lowest BCUT2D eigenvalue weighted by Gasteiger charge is -2.09. The quantitative estimate of drug-likeness (QED) is 0.358. The third-order valence-corrected chi connectivity index (χ3v) is 2.92. The maximum Gasteiger partial charge on any atom is 0.211 e. The molecule has 0 aliphatic carbocycles. The molecule has 0 heterocycles. The largest absolute Gasteiger partial charge is 0.487 e. The van der Waals surface area contributed by atoms with E-state index in [1.54, 1.807) is 6.08 Å². The van der Waals surface area contributed by atoms with Gasteiger partial charge in [-0.1, -0.05) is 12.7 Å². The molecule has 0 aliphatic rings. The fourth-order valence-corrected chi connectivity index (χ4v) is 2.55. The molecule has 0 saturated carbocycles. The topological polar surface area (TPSA) is 86.0 Å². The zero-order chi connectivity index (χ0) is 13.5. The first-order valence-electron chi connectivity index (χ1n) is 4.89. The minimum absolute atomic E-state index is 0.0877. The molecule has 18 heavy (non-hydrogen) atoms. The third kappa shape index (κ3) is 4.50. The second kappa shape index (κ2) is 7.17. The van der Waals surface area contributed by atoms with Crippen LogP contribution in [-0.4, -0.2) is 18.8 Å². The minimum Gasteiger partial charge on any atom is -0.487 e. The van der Waals surface area contributed by atoms with Crippen LogP contribution in [0.3, 0.4) is 0 Å². The summed E-state index contributed by atoms with van der Waals surface area (Å²) in [5.74, 6) is 0.615. The molecular weight excluding hydrogens is 364 g/mol. The van der Waals surface area contributed by atoms with Gasteiger partial charge in [-0.25, -0.2) is 0 Å². The molecule has 0 unspecified atom stereocenters. The van der Waals surface area contributed by atoms with Crippen LogP contribution in [0.2, 0.25) is 0 Å². The standard InChI is InChI=1S/C11H12Br2N4O/c1-2-3-18-10-8(12)4-7(5-9(10)13)6-16-17-11(14)15/h2,4-6H,1,3H2,(H4,14,15,17)/b16-6-. The summed E-state index contributed by atoms with van der Waals surface area (Å²) < 4.78 is 7.08. The number of halogens is 2. The molecule has 0 fully saturated rings. The maximum absolute atomic E-state index is 5.49. The Morgan fingerprint density at radius 2 is 1.94 bits per heavy atom. The predicted molar refractivity (Wildman–Crippen MR) is 80.9 cm³/mol. The van der Waals surface area contributed by atoms with Crippen molar-refractivity contribution in [1.29, 1.82) is 0 Å². The Bertz CT molecular complexity index is 473. The Morgan fingerprint density at radius 1 is 1.33 bits per heavy atom. The molecule has 0 atom stereocenters. The zero-order valence-electron chi connectivity index (χ0n) is 9.44. The summed E-state index contributed by atoms with van der Waals surface area (Å²) in [6.07, 6.45) is 3.21. The number of hydrogen-bond donors (Lipinski definition) is 2. The van der Waals surface area contributed by atoms with Gasteiger partial charge in [-0.05, 0) is 49.6 Å². The average molecular weight is 376 g/mol. The molecule has 0 bridgehead atoms. The number of guanidine groups is 1. The van der Waals surface area contributed by atoms with Crippen molar-refractivity contribution in [3.8, 4) is 5.75 Å². The van der Waals surface area contributed by atoms with E-state index in [0.717, 1.165) is 14.5 Å². The van der Waals surface area contributed by atoms with Gasteiger partial charge in [0.1, 0.15) is 12.4 Å². The van der Waals surface area contributed by atoms with Gasteiger partial charge >= 0.3 is 0 Å². The van der Waals surface area contributed by atoms with Gasteiger partial charge in [-0.15, -0.1) is 5.10 Å². The van der Waals surface area contributed by atoms with Gasteiger partial charge in [0.15, 0.2) is 0 Å². The number of nitrogens with two attached hydrogens (primary N) is 2. The van der Waals surface area contributed by atoms with Gasteiger partial charge in [0.25, 0.3) is 0 Å². The molecule has 1 rings (SSSR count). The van der Waals surface area contributed by atoms with Crippen LogP contribution in [0.4, 0.5) is 0 Å². The highest BCUT2D eigenvalue weighted by Gasteiger charge is 2.07. The molecular formula is C11H12Br2N4O. The molecule has 0 amide bonds. The second-order valence-corrected chi connectivity index (χ2v) is 4.89. The lowest BCUT2D eigenvalue weighted by atomic mass is 10.2. The molecule has 1 aromatic rings. The number of rotatable bonds is 5. The van der Waals surface area contributed by atoms with E-state index in [1.165, 1.54) is 6.21 Å². The first kappa shape index (κ1) is 14.7. The van der Waals surface area contributed by atoms with Gasteiger partial charge in [0.05, 0.1) is 15.2 Å².